The lowest BCUT2D eigenvalue weighted by molar-refractivity contribution is -0.143. The number of hydrogen-bond donors (Lipinski definition) is 1. The molecule has 0 bridgehead atoms. The molecule has 0 saturated carbocycles. The van der Waals surface area contributed by atoms with Crippen LogP contribution in [0.3, 0.4) is 0 Å². The number of halogens is 1. The fourth-order valence-electron chi connectivity index (χ4n) is 1.95. The zero-order chi connectivity index (χ0) is 12.4. The predicted octanol–water partition coefficient (Wildman–Crippen LogP) is 1.98. The molecule has 1 aromatic rings. The van der Waals surface area contributed by atoms with Crippen LogP contribution in [0.25, 0.3) is 0 Å². The molecule has 0 unspecified atom stereocenters. The Morgan fingerprint density at radius 1 is 1.53 bits per heavy atom. The molecule has 0 spiro atoms. The second kappa shape index (κ2) is 4.91. The summed E-state index contributed by atoms with van der Waals surface area (Å²) in [5.41, 5.74) is 0. The van der Waals surface area contributed by atoms with E-state index in [4.69, 9.17) is 9.52 Å². The number of carbonyl (C=O) groups is 2. The first-order valence-corrected chi connectivity index (χ1v) is 6.14. The molecular weight excluding hydrogens is 290 g/mol. The van der Waals surface area contributed by atoms with Gasteiger partial charge >= 0.3 is 5.97 Å². The maximum Gasteiger partial charge on any atom is 0.308 e. The molecule has 1 atom stereocenters. The van der Waals surface area contributed by atoms with Crippen LogP contribution in [0, 0.1) is 5.92 Å². The molecule has 1 amide bonds. The predicted molar refractivity (Wildman–Crippen MR) is 62.7 cm³/mol. The molecule has 0 radical (unpaired) electrons. The van der Waals surface area contributed by atoms with Crippen LogP contribution in [0.1, 0.15) is 23.4 Å². The number of rotatable bonds is 2. The van der Waals surface area contributed by atoms with Crippen molar-refractivity contribution in [1.82, 2.24) is 4.90 Å². The summed E-state index contributed by atoms with van der Waals surface area (Å²) in [4.78, 5) is 24.5. The van der Waals surface area contributed by atoms with Gasteiger partial charge in [-0.25, -0.2) is 0 Å². The van der Waals surface area contributed by atoms with Crippen LogP contribution in [0.15, 0.2) is 21.2 Å². The monoisotopic (exact) mass is 301 g/mol. The van der Waals surface area contributed by atoms with Crippen molar-refractivity contribution in [2.24, 2.45) is 5.92 Å². The van der Waals surface area contributed by atoms with Gasteiger partial charge in [0.05, 0.1) is 16.7 Å². The average molecular weight is 302 g/mol. The minimum Gasteiger partial charge on any atom is -0.481 e. The van der Waals surface area contributed by atoms with Crippen molar-refractivity contribution in [3.8, 4) is 0 Å². The number of carbonyl (C=O) groups excluding carboxylic acids is 1. The lowest BCUT2D eigenvalue weighted by Crippen LogP contribution is -2.42. The van der Waals surface area contributed by atoms with Crippen molar-refractivity contribution < 1.29 is 19.1 Å². The molecule has 2 heterocycles. The van der Waals surface area contributed by atoms with Gasteiger partial charge in [0.1, 0.15) is 0 Å². The van der Waals surface area contributed by atoms with Crippen molar-refractivity contribution in [3.05, 3.63) is 22.6 Å². The van der Waals surface area contributed by atoms with Gasteiger partial charge < -0.3 is 14.4 Å². The van der Waals surface area contributed by atoms with Crippen molar-refractivity contribution >= 4 is 27.8 Å². The van der Waals surface area contributed by atoms with Crippen LogP contribution in [0.5, 0.6) is 0 Å². The summed E-state index contributed by atoms with van der Waals surface area (Å²) < 4.78 is 5.69. The van der Waals surface area contributed by atoms with Crippen LogP contribution in [-0.4, -0.2) is 35.0 Å². The van der Waals surface area contributed by atoms with Gasteiger partial charge in [-0.2, -0.15) is 0 Å². The first-order chi connectivity index (χ1) is 8.09. The smallest absolute Gasteiger partial charge is 0.308 e. The SMILES string of the molecule is O=C(O)[C@H]1CCCN(C(=O)c2occc2Br)C1. The van der Waals surface area contributed by atoms with Crippen LogP contribution in [0.4, 0.5) is 0 Å². The highest BCUT2D eigenvalue weighted by molar-refractivity contribution is 9.10. The third kappa shape index (κ3) is 2.52. The summed E-state index contributed by atoms with van der Waals surface area (Å²) in [5, 5.41) is 8.95. The molecule has 17 heavy (non-hydrogen) atoms. The molecule has 1 aliphatic heterocycles. The van der Waals surface area contributed by atoms with Crippen LogP contribution in [-0.2, 0) is 4.79 Å². The van der Waals surface area contributed by atoms with Gasteiger partial charge in [0, 0.05) is 13.1 Å². The lowest BCUT2D eigenvalue weighted by Gasteiger charge is -2.30. The summed E-state index contributed by atoms with van der Waals surface area (Å²) in [5.74, 6) is -1.34. The number of carboxylic acid groups (broad SMARTS) is 1. The van der Waals surface area contributed by atoms with Gasteiger partial charge in [0.2, 0.25) is 5.76 Å². The highest BCUT2D eigenvalue weighted by atomic mass is 79.9. The van der Waals surface area contributed by atoms with E-state index in [2.05, 4.69) is 15.9 Å². The van der Waals surface area contributed by atoms with Crippen LogP contribution < -0.4 is 0 Å². The maximum atomic E-state index is 12.1. The molecule has 1 aliphatic rings. The largest absolute Gasteiger partial charge is 0.481 e. The Morgan fingerprint density at radius 2 is 2.29 bits per heavy atom. The molecule has 92 valence electrons. The first kappa shape index (κ1) is 12.2. The van der Waals surface area contributed by atoms with Gasteiger partial charge in [-0.05, 0) is 34.8 Å². The molecule has 6 heteroatoms. The number of furan rings is 1. The van der Waals surface area contributed by atoms with Crippen molar-refractivity contribution in [2.45, 2.75) is 12.8 Å². The minimum absolute atomic E-state index is 0.232. The maximum absolute atomic E-state index is 12.1. The Bertz CT molecular complexity index is 442. The summed E-state index contributed by atoms with van der Waals surface area (Å²) in [6.07, 6.45) is 2.76. The van der Waals surface area contributed by atoms with E-state index >= 15 is 0 Å². The van der Waals surface area contributed by atoms with Gasteiger partial charge in [0.25, 0.3) is 5.91 Å². The van der Waals surface area contributed by atoms with Gasteiger partial charge in [-0.1, -0.05) is 0 Å². The molecule has 5 nitrogen and oxygen atoms in total. The van der Waals surface area contributed by atoms with E-state index in [1.54, 1.807) is 6.07 Å². The van der Waals surface area contributed by atoms with Gasteiger partial charge in [-0.3, -0.25) is 9.59 Å². The van der Waals surface area contributed by atoms with E-state index in [-0.39, 0.29) is 18.2 Å². The summed E-state index contributed by atoms with van der Waals surface area (Å²) in [6.45, 7) is 0.830. The Hall–Kier alpha value is -1.30. The van der Waals surface area contributed by atoms with Crippen LogP contribution >= 0.6 is 15.9 Å². The Balaban J connectivity index is 2.10. The van der Waals surface area contributed by atoms with Crippen molar-refractivity contribution in [2.75, 3.05) is 13.1 Å². The molecular formula is C11H12BrNO4. The minimum atomic E-state index is -0.846. The van der Waals surface area contributed by atoms with Crippen molar-refractivity contribution in [1.29, 1.82) is 0 Å². The fraction of sp³-hybridized carbons (Fsp3) is 0.455. The third-order valence-corrected chi connectivity index (χ3v) is 3.49. The lowest BCUT2D eigenvalue weighted by atomic mass is 9.98. The average Bonchev–Trinajstić information content (AvgIpc) is 2.74. The zero-order valence-corrected chi connectivity index (χ0v) is 10.6. The first-order valence-electron chi connectivity index (χ1n) is 5.34. The Kier molecular flexibility index (Phi) is 3.51. The van der Waals surface area contributed by atoms with Crippen molar-refractivity contribution in [3.63, 3.8) is 0 Å². The number of nitrogens with zero attached hydrogens (tertiary/aromatic N) is 1. The quantitative estimate of drug-likeness (QED) is 0.907. The molecule has 1 fully saturated rings. The van der Waals surface area contributed by atoms with E-state index in [1.165, 1.54) is 11.2 Å². The number of piperidine rings is 1. The standard InChI is InChI=1S/C11H12BrNO4/c12-8-3-5-17-9(8)10(14)13-4-1-2-7(6-13)11(15)16/h3,5,7H,1-2,4,6H2,(H,15,16)/t7-/m0/s1. The van der Waals surface area contributed by atoms with E-state index in [0.717, 1.165) is 0 Å². The Labute approximate surface area is 107 Å². The second-order valence-electron chi connectivity index (χ2n) is 4.03. The normalized spacial score (nSPS) is 20.3. The second-order valence-corrected chi connectivity index (χ2v) is 4.88. The molecule has 0 aliphatic carbocycles. The topological polar surface area (TPSA) is 70.8 Å². The fourth-order valence-corrected chi connectivity index (χ4v) is 2.32. The zero-order valence-electron chi connectivity index (χ0n) is 9.06. The third-order valence-electron chi connectivity index (χ3n) is 2.87. The van der Waals surface area contributed by atoms with E-state index < -0.39 is 11.9 Å². The molecule has 2 rings (SSSR count). The summed E-state index contributed by atoms with van der Waals surface area (Å²) in [6, 6.07) is 1.64. The number of amides is 1. The summed E-state index contributed by atoms with van der Waals surface area (Å²) >= 11 is 3.22. The van der Waals surface area contributed by atoms with Gasteiger partial charge in [0.15, 0.2) is 0 Å². The van der Waals surface area contributed by atoms with Gasteiger partial charge in [-0.15, -0.1) is 0 Å². The highest BCUT2D eigenvalue weighted by Gasteiger charge is 2.30. The van der Waals surface area contributed by atoms with E-state index in [0.29, 0.717) is 23.9 Å². The van der Waals surface area contributed by atoms with Crippen LogP contribution in [0.2, 0.25) is 0 Å². The molecule has 1 N–H and O–H groups in total. The number of carboxylic acids is 1. The molecule has 1 saturated heterocycles. The number of hydrogen-bond acceptors (Lipinski definition) is 3. The number of aliphatic carboxylic acids is 1. The Morgan fingerprint density at radius 3 is 2.88 bits per heavy atom. The van der Waals surface area contributed by atoms with E-state index in [9.17, 15) is 9.59 Å². The van der Waals surface area contributed by atoms with E-state index in [1.807, 2.05) is 0 Å². The number of likely N-dealkylation sites (tertiary alicyclic amines) is 1. The molecule has 0 aromatic carbocycles. The molecule has 1 aromatic heterocycles. The summed E-state index contributed by atoms with van der Waals surface area (Å²) in [7, 11) is 0. The highest BCUT2D eigenvalue weighted by Crippen LogP contribution is 2.23.